The molecule has 244 valence electrons. The molecular weight excluding hydrogens is 563 g/mol. The molecular formula is C37H65NO3Si2. The van der Waals surface area contributed by atoms with E-state index >= 15 is 0 Å². The van der Waals surface area contributed by atoms with Gasteiger partial charge in [-0.1, -0.05) is 85.3 Å². The zero-order valence-electron chi connectivity index (χ0n) is 30.2. The predicted molar refractivity (Wildman–Crippen MR) is 191 cm³/mol. The Labute approximate surface area is 268 Å². The summed E-state index contributed by atoms with van der Waals surface area (Å²) in [6, 6.07) is 0. The molecule has 1 aromatic rings. The van der Waals surface area contributed by atoms with Crippen molar-refractivity contribution < 1.29 is 13.6 Å². The number of hydrogen-bond donors (Lipinski definition) is 0. The van der Waals surface area contributed by atoms with E-state index in [2.05, 4.69) is 110 Å². The number of Topliss-reactive ketones (excluding diaryl/α,β-unsaturated/α-hetero) is 1. The fourth-order valence-corrected chi connectivity index (χ4v) is 6.70. The van der Waals surface area contributed by atoms with Gasteiger partial charge >= 0.3 is 0 Å². The minimum atomic E-state index is -1.76. The standard InChI is InChI=1S/C37H65NO3Si2/c1-30(20-15-14-16-24-34-29-40-32(3)38-34)21-17-22-31(2)28-33(23-18-27-42(9,10)11)35(39)37(7,8)25-19-26-41-43(12,13)36(4,5)6/h16,20,24,29,31,33H,14-15,17,19,21-23,25-26,28H2,1-13H3/b24-16+,30-20+. The molecule has 1 aromatic heterocycles. The predicted octanol–water partition coefficient (Wildman–Crippen LogP) is 11.2. The molecule has 0 amide bonds. The molecule has 43 heavy (non-hydrogen) atoms. The van der Waals surface area contributed by atoms with Crippen molar-refractivity contribution in [2.24, 2.45) is 17.3 Å². The molecule has 0 aliphatic rings. The normalized spacial score (nSPS) is 15.0. The maximum Gasteiger partial charge on any atom is 0.191 e. The second-order valence-electron chi connectivity index (χ2n) is 16.0. The van der Waals surface area contributed by atoms with Crippen LogP contribution in [0.1, 0.15) is 118 Å². The molecule has 0 radical (unpaired) electrons. The van der Waals surface area contributed by atoms with Gasteiger partial charge < -0.3 is 8.84 Å². The number of aromatic nitrogens is 1. The lowest BCUT2D eigenvalue weighted by Crippen LogP contribution is -2.41. The van der Waals surface area contributed by atoms with Crippen LogP contribution < -0.4 is 0 Å². The highest BCUT2D eigenvalue weighted by atomic mass is 28.4. The lowest BCUT2D eigenvalue weighted by atomic mass is 9.74. The maximum atomic E-state index is 13.9. The average Bonchev–Trinajstić information content (AvgIpc) is 3.28. The Kier molecular flexibility index (Phi) is 16.2. The number of carbonyl (C=O) groups excluding carboxylic acids is 1. The Morgan fingerprint density at radius 3 is 2.35 bits per heavy atom. The van der Waals surface area contributed by atoms with Gasteiger partial charge in [-0.25, -0.2) is 4.98 Å². The van der Waals surface area contributed by atoms with E-state index in [0.29, 0.717) is 24.0 Å². The Hall–Kier alpha value is -1.69. The topological polar surface area (TPSA) is 52.3 Å². The lowest BCUT2D eigenvalue weighted by Gasteiger charge is -2.36. The molecule has 2 atom stereocenters. The highest BCUT2D eigenvalue weighted by Crippen LogP contribution is 2.37. The monoisotopic (exact) mass is 627 g/mol. The van der Waals surface area contributed by atoms with Crippen LogP contribution in [0.3, 0.4) is 0 Å². The number of aryl methyl sites for hydroxylation is 1. The first-order chi connectivity index (χ1) is 19.7. The first kappa shape index (κ1) is 39.3. The first-order valence-electron chi connectivity index (χ1n) is 16.7. The molecule has 0 fully saturated rings. The van der Waals surface area contributed by atoms with E-state index in [1.807, 2.05) is 13.0 Å². The van der Waals surface area contributed by atoms with Crippen LogP contribution in [0.4, 0.5) is 0 Å². The molecule has 6 heteroatoms. The molecule has 0 aliphatic heterocycles. The Balaban J connectivity index is 2.66. The van der Waals surface area contributed by atoms with Crippen molar-refractivity contribution in [3.63, 3.8) is 0 Å². The van der Waals surface area contributed by atoms with Gasteiger partial charge in [0, 0.05) is 31.3 Å². The Morgan fingerprint density at radius 1 is 1.09 bits per heavy atom. The van der Waals surface area contributed by atoms with E-state index in [9.17, 15) is 4.79 Å². The highest BCUT2D eigenvalue weighted by molar-refractivity contribution is 6.83. The summed E-state index contributed by atoms with van der Waals surface area (Å²) < 4.78 is 11.7. The summed E-state index contributed by atoms with van der Waals surface area (Å²) >= 11 is 0. The van der Waals surface area contributed by atoms with Gasteiger partial charge in [-0.3, -0.25) is 4.79 Å². The van der Waals surface area contributed by atoms with E-state index in [1.165, 1.54) is 5.57 Å². The number of rotatable bonds is 18. The minimum absolute atomic E-state index is 0.00656. The first-order valence-corrected chi connectivity index (χ1v) is 23.1. The molecule has 0 bridgehead atoms. The van der Waals surface area contributed by atoms with E-state index in [0.717, 1.165) is 63.7 Å². The second kappa shape index (κ2) is 17.7. The summed E-state index contributed by atoms with van der Waals surface area (Å²) in [5.41, 5.74) is 5.49. The molecule has 0 aromatic carbocycles. The summed E-state index contributed by atoms with van der Waals surface area (Å²) in [7, 11) is -3.24. The van der Waals surface area contributed by atoms with E-state index in [4.69, 9.17) is 8.84 Å². The van der Waals surface area contributed by atoms with E-state index in [1.54, 1.807) is 6.26 Å². The molecule has 0 N–H and O–H groups in total. The smallest absolute Gasteiger partial charge is 0.191 e. The van der Waals surface area contributed by atoms with E-state index in [-0.39, 0.29) is 16.4 Å². The minimum Gasteiger partial charge on any atom is -0.449 e. The fourth-order valence-electron chi connectivity index (χ4n) is 4.98. The molecule has 4 nitrogen and oxygen atoms in total. The number of nitrogens with zero attached hydrogens (tertiary/aromatic N) is 1. The highest BCUT2D eigenvalue weighted by Gasteiger charge is 2.38. The number of allylic oxidation sites excluding steroid dienone is 3. The molecule has 2 unspecified atom stereocenters. The number of oxazole rings is 1. The van der Waals surface area contributed by atoms with Crippen LogP contribution in [0.25, 0.3) is 6.08 Å². The van der Waals surface area contributed by atoms with Crippen molar-refractivity contribution in [1.82, 2.24) is 4.98 Å². The summed E-state index contributed by atoms with van der Waals surface area (Å²) in [6.45, 7) is 29.7. The van der Waals surface area contributed by atoms with Crippen molar-refractivity contribution in [3.05, 3.63) is 35.6 Å². The van der Waals surface area contributed by atoms with Crippen LogP contribution in [0.5, 0.6) is 0 Å². The van der Waals surface area contributed by atoms with Crippen LogP contribution in [-0.2, 0) is 9.22 Å². The molecule has 1 heterocycles. The van der Waals surface area contributed by atoms with Crippen LogP contribution in [0, 0.1) is 35.6 Å². The summed E-state index contributed by atoms with van der Waals surface area (Å²) in [5.74, 6) is 5.05. The largest absolute Gasteiger partial charge is 0.449 e. The average molecular weight is 628 g/mol. The van der Waals surface area contributed by atoms with Crippen molar-refractivity contribution in [1.29, 1.82) is 0 Å². The van der Waals surface area contributed by atoms with Gasteiger partial charge in [0.25, 0.3) is 0 Å². The van der Waals surface area contributed by atoms with Gasteiger partial charge in [-0.15, -0.1) is 11.5 Å². The molecule has 0 spiro atoms. The fraction of sp³-hybridized carbons (Fsp3) is 0.730. The van der Waals surface area contributed by atoms with Gasteiger partial charge in [-0.05, 0) is 82.0 Å². The Bertz CT molecular complexity index is 1100. The second-order valence-corrected chi connectivity index (χ2v) is 25.5. The van der Waals surface area contributed by atoms with Crippen LogP contribution in [0.15, 0.2) is 28.4 Å². The number of ketones is 1. The Morgan fingerprint density at radius 2 is 1.77 bits per heavy atom. The van der Waals surface area contributed by atoms with Crippen LogP contribution in [0.2, 0.25) is 37.8 Å². The van der Waals surface area contributed by atoms with Crippen molar-refractivity contribution >= 4 is 28.3 Å². The van der Waals surface area contributed by atoms with Gasteiger partial charge in [-0.2, -0.15) is 0 Å². The molecule has 0 saturated carbocycles. The summed E-state index contributed by atoms with van der Waals surface area (Å²) in [6.07, 6.45) is 17.1. The molecule has 0 aliphatic carbocycles. The van der Waals surface area contributed by atoms with Gasteiger partial charge in [0.2, 0.25) is 0 Å². The maximum absolute atomic E-state index is 13.9. The van der Waals surface area contributed by atoms with E-state index < -0.39 is 16.4 Å². The SMILES string of the molecule is C/C(=C\CC/C=C/c1coc(C)n1)CCCC(C)CC(CC#C[Si](C)(C)C)C(=O)C(C)(C)CCCO[Si](C)(C)C(C)(C)C. The number of unbranched alkanes of at least 4 members (excludes halogenated alkanes) is 1. The molecule has 0 saturated heterocycles. The zero-order chi connectivity index (χ0) is 32.9. The van der Waals surface area contributed by atoms with Crippen molar-refractivity contribution in [2.45, 2.75) is 151 Å². The van der Waals surface area contributed by atoms with Gasteiger partial charge in [0.1, 0.15) is 25.8 Å². The summed E-state index contributed by atoms with van der Waals surface area (Å²) in [5, 5.41) is 0.207. The summed E-state index contributed by atoms with van der Waals surface area (Å²) in [4.78, 5) is 18.2. The number of carbonyl (C=O) groups is 1. The van der Waals surface area contributed by atoms with Gasteiger partial charge in [0.15, 0.2) is 14.2 Å². The third-order valence-corrected chi connectivity index (χ3v) is 14.2. The lowest BCUT2D eigenvalue weighted by molar-refractivity contribution is -0.132. The van der Waals surface area contributed by atoms with Crippen molar-refractivity contribution in [3.8, 4) is 11.5 Å². The zero-order valence-corrected chi connectivity index (χ0v) is 32.2. The quantitative estimate of drug-likeness (QED) is 0.0703. The van der Waals surface area contributed by atoms with Crippen LogP contribution >= 0.6 is 0 Å². The third kappa shape index (κ3) is 16.3. The van der Waals surface area contributed by atoms with Crippen molar-refractivity contribution in [2.75, 3.05) is 6.61 Å². The number of hydrogen-bond acceptors (Lipinski definition) is 4. The third-order valence-electron chi connectivity index (χ3n) is 8.77. The van der Waals surface area contributed by atoms with Crippen LogP contribution in [-0.4, -0.2) is 33.8 Å². The molecule has 1 rings (SSSR count). The van der Waals surface area contributed by atoms with Gasteiger partial charge in [0.05, 0.1) is 0 Å².